The quantitative estimate of drug-likeness (QED) is 0.483. The molecule has 0 saturated heterocycles. The van der Waals surface area contributed by atoms with E-state index in [1.54, 1.807) is 12.1 Å². The van der Waals surface area contributed by atoms with Gasteiger partial charge in [0.25, 0.3) is 0 Å². The molecule has 1 aliphatic rings. The average molecular weight is 311 g/mol. The Bertz CT molecular complexity index is 695. The molecule has 0 spiro atoms. The van der Waals surface area contributed by atoms with Crippen LogP contribution in [0.1, 0.15) is 55.1 Å². The Hall–Kier alpha value is -2.53. The predicted molar refractivity (Wildman–Crippen MR) is 86.2 cm³/mol. The third-order valence-electron chi connectivity index (χ3n) is 4.37. The number of aromatic nitrogens is 1. The molecule has 0 bridgehead atoms. The highest BCUT2D eigenvalue weighted by atomic mass is 16.5. The third kappa shape index (κ3) is 3.81. The molecular weight excluding hydrogens is 290 g/mol. The lowest BCUT2D eigenvalue weighted by atomic mass is 9.95. The zero-order valence-corrected chi connectivity index (χ0v) is 13.6. The number of ether oxygens (including phenoxy) is 1. The molecule has 23 heavy (non-hydrogen) atoms. The molecular formula is C18H21N3O2. The first-order chi connectivity index (χ1) is 11.1. The van der Waals surface area contributed by atoms with Crippen molar-refractivity contribution in [3.63, 3.8) is 0 Å². The Kier molecular flexibility index (Phi) is 5.60. The van der Waals surface area contributed by atoms with E-state index < -0.39 is 5.97 Å². The molecule has 0 aliphatic heterocycles. The summed E-state index contributed by atoms with van der Waals surface area (Å²) in [6.45, 7) is 3.72. The molecule has 1 aromatic heterocycles. The van der Waals surface area contributed by atoms with Crippen molar-refractivity contribution >= 4 is 12.0 Å². The van der Waals surface area contributed by atoms with E-state index in [1.165, 1.54) is 32.1 Å². The fraction of sp³-hybridized carbons (Fsp3) is 0.500. The van der Waals surface area contributed by atoms with E-state index in [0.29, 0.717) is 6.04 Å². The van der Waals surface area contributed by atoms with Gasteiger partial charge in [0, 0.05) is 17.4 Å². The number of nitrogens with zero attached hydrogens (tertiary/aromatic N) is 3. The summed E-state index contributed by atoms with van der Waals surface area (Å²) in [5.74, 6) is -0.753. The minimum atomic E-state index is -0.753. The summed E-state index contributed by atoms with van der Waals surface area (Å²) in [6.07, 6.45) is 7.70. The number of aryl methyl sites for hydroxylation is 1. The Balaban J connectivity index is 2.29. The summed E-state index contributed by atoms with van der Waals surface area (Å²) < 4.78 is 7.03. The monoisotopic (exact) mass is 311 g/mol. The number of hydrogen-bond donors (Lipinski definition) is 0. The van der Waals surface area contributed by atoms with Gasteiger partial charge >= 0.3 is 5.97 Å². The van der Waals surface area contributed by atoms with Crippen LogP contribution in [0, 0.1) is 36.5 Å². The summed E-state index contributed by atoms with van der Waals surface area (Å²) in [5.41, 5.74) is 2.99. The smallest absolute Gasteiger partial charge is 0.349 e. The van der Waals surface area contributed by atoms with Crippen LogP contribution in [-0.4, -0.2) is 17.1 Å². The summed E-state index contributed by atoms with van der Waals surface area (Å²) in [4.78, 5) is 11.8. The first kappa shape index (κ1) is 16.8. The van der Waals surface area contributed by atoms with Crippen molar-refractivity contribution in [1.29, 1.82) is 10.5 Å². The van der Waals surface area contributed by atoms with Crippen molar-refractivity contribution in [2.45, 2.75) is 52.0 Å². The second-order valence-electron chi connectivity index (χ2n) is 5.89. The minimum Gasteiger partial charge on any atom is -0.446 e. The molecule has 1 aliphatic carbocycles. The molecule has 1 heterocycles. The number of hydrogen-bond acceptors (Lipinski definition) is 4. The normalized spacial score (nSPS) is 15.7. The molecule has 1 aromatic rings. The van der Waals surface area contributed by atoms with Gasteiger partial charge in [0.2, 0.25) is 0 Å². The van der Waals surface area contributed by atoms with Crippen molar-refractivity contribution in [3.05, 3.63) is 28.6 Å². The highest BCUT2D eigenvalue weighted by molar-refractivity contribution is 5.98. The predicted octanol–water partition coefficient (Wildman–Crippen LogP) is 3.58. The first-order valence-corrected chi connectivity index (χ1v) is 7.92. The molecule has 120 valence electrons. The lowest BCUT2D eigenvalue weighted by Gasteiger charge is -2.26. The van der Waals surface area contributed by atoms with Gasteiger partial charge in [0.15, 0.2) is 6.61 Å². The molecule has 2 rings (SSSR count). The summed E-state index contributed by atoms with van der Waals surface area (Å²) in [6, 6.07) is 6.09. The van der Waals surface area contributed by atoms with Crippen molar-refractivity contribution in [2.24, 2.45) is 0 Å². The van der Waals surface area contributed by atoms with E-state index in [1.807, 2.05) is 19.1 Å². The Morgan fingerprint density at radius 3 is 2.65 bits per heavy atom. The Morgan fingerprint density at radius 1 is 1.35 bits per heavy atom. The van der Waals surface area contributed by atoms with Crippen LogP contribution in [0.25, 0.3) is 6.08 Å². The summed E-state index contributed by atoms with van der Waals surface area (Å²) >= 11 is 0. The van der Waals surface area contributed by atoms with E-state index in [-0.39, 0.29) is 12.2 Å². The van der Waals surface area contributed by atoms with Gasteiger partial charge in [-0.3, -0.25) is 0 Å². The van der Waals surface area contributed by atoms with Gasteiger partial charge < -0.3 is 9.30 Å². The maximum atomic E-state index is 11.8. The number of rotatable bonds is 4. The van der Waals surface area contributed by atoms with E-state index in [9.17, 15) is 4.79 Å². The largest absolute Gasteiger partial charge is 0.446 e. The lowest BCUT2D eigenvalue weighted by Crippen LogP contribution is -2.15. The van der Waals surface area contributed by atoms with Crippen molar-refractivity contribution in [1.82, 2.24) is 4.57 Å². The van der Waals surface area contributed by atoms with Gasteiger partial charge in [0.1, 0.15) is 17.7 Å². The summed E-state index contributed by atoms with van der Waals surface area (Å²) in [5, 5.41) is 17.6. The van der Waals surface area contributed by atoms with Crippen LogP contribution in [0.15, 0.2) is 11.6 Å². The van der Waals surface area contributed by atoms with Gasteiger partial charge in [-0.15, -0.1) is 0 Å². The van der Waals surface area contributed by atoms with Crippen molar-refractivity contribution in [2.75, 3.05) is 6.61 Å². The third-order valence-corrected chi connectivity index (χ3v) is 4.37. The van der Waals surface area contributed by atoms with Gasteiger partial charge in [0.05, 0.1) is 0 Å². The molecule has 0 N–H and O–H groups in total. The van der Waals surface area contributed by atoms with E-state index in [2.05, 4.69) is 11.5 Å². The second kappa shape index (κ2) is 7.65. The van der Waals surface area contributed by atoms with E-state index in [0.717, 1.165) is 17.0 Å². The van der Waals surface area contributed by atoms with Crippen LogP contribution in [0.2, 0.25) is 0 Å². The highest BCUT2D eigenvalue weighted by Gasteiger charge is 2.20. The number of carbonyl (C=O) groups excluding carboxylic acids is 1. The SMILES string of the molecule is Cc1cc(/C=C(\C#N)C(=O)OCC#N)c(C)n1C1CCCCC1. The minimum absolute atomic E-state index is 0.0795. The number of nitriles is 2. The average Bonchev–Trinajstić information content (AvgIpc) is 2.84. The zero-order chi connectivity index (χ0) is 16.8. The van der Waals surface area contributed by atoms with E-state index >= 15 is 0 Å². The molecule has 0 aromatic carbocycles. The molecule has 0 atom stereocenters. The summed E-state index contributed by atoms with van der Waals surface area (Å²) in [7, 11) is 0. The van der Waals surface area contributed by atoms with E-state index in [4.69, 9.17) is 15.3 Å². The van der Waals surface area contributed by atoms with Crippen LogP contribution in [0.3, 0.4) is 0 Å². The molecule has 1 fully saturated rings. The van der Waals surface area contributed by atoms with Crippen LogP contribution < -0.4 is 0 Å². The highest BCUT2D eigenvalue weighted by Crippen LogP contribution is 2.32. The van der Waals surface area contributed by atoms with Crippen LogP contribution in [0.5, 0.6) is 0 Å². The van der Waals surface area contributed by atoms with Gasteiger partial charge in [-0.05, 0) is 44.4 Å². The molecule has 0 amide bonds. The Morgan fingerprint density at radius 2 is 2.04 bits per heavy atom. The molecule has 5 nitrogen and oxygen atoms in total. The van der Waals surface area contributed by atoms with Crippen molar-refractivity contribution < 1.29 is 9.53 Å². The Labute approximate surface area is 136 Å². The lowest BCUT2D eigenvalue weighted by molar-refractivity contribution is -0.137. The maximum absolute atomic E-state index is 11.8. The van der Waals surface area contributed by atoms with Crippen LogP contribution >= 0.6 is 0 Å². The second-order valence-corrected chi connectivity index (χ2v) is 5.89. The molecule has 0 radical (unpaired) electrons. The van der Waals surface area contributed by atoms with Crippen LogP contribution in [0.4, 0.5) is 0 Å². The topological polar surface area (TPSA) is 78.8 Å². The van der Waals surface area contributed by atoms with Crippen molar-refractivity contribution in [3.8, 4) is 12.1 Å². The van der Waals surface area contributed by atoms with Gasteiger partial charge in [-0.25, -0.2) is 4.79 Å². The zero-order valence-electron chi connectivity index (χ0n) is 13.6. The number of carbonyl (C=O) groups is 1. The molecule has 0 unspecified atom stereocenters. The maximum Gasteiger partial charge on any atom is 0.349 e. The molecule has 1 saturated carbocycles. The van der Waals surface area contributed by atoms with Crippen LogP contribution in [-0.2, 0) is 9.53 Å². The van der Waals surface area contributed by atoms with Gasteiger partial charge in [-0.1, -0.05) is 19.3 Å². The molecule has 5 heteroatoms. The fourth-order valence-corrected chi connectivity index (χ4v) is 3.32. The van der Waals surface area contributed by atoms with Gasteiger partial charge in [-0.2, -0.15) is 10.5 Å². The fourth-order valence-electron chi connectivity index (χ4n) is 3.32. The standard InChI is InChI=1S/C18H21N3O2/c1-13-10-15(11-16(12-20)18(22)23-9-8-19)14(2)21(13)17-6-4-3-5-7-17/h10-11,17H,3-7,9H2,1-2H3/b16-11+. The first-order valence-electron chi connectivity index (χ1n) is 7.92. The number of esters is 1.